The molecule has 0 aliphatic carbocycles. The molecule has 0 bridgehead atoms. The largest absolute Gasteiger partial charge is 0.352 e. The normalized spacial score (nSPS) is 19.2. The Hall–Kier alpha value is -2.66. The molecular weight excluding hydrogens is 364 g/mol. The molecule has 1 aliphatic heterocycles. The van der Waals surface area contributed by atoms with Crippen molar-refractivity contribution >= 4 is 17.3 Å². The standard InChI is InChI=1S/C23H26N4S/c1-14-9-8-11-20(16(14)3)27-15(2)13-18(17(27)4)22-21(25-23(28)26(22)5)19-10-6-7-12-24-19/h6-13,21-22H,1-5H3,(H,25,28)/t21-,22-/m1/s1. The van der Waals surface area contributed by atoms with Gasteiger partial charge in [-0.15, -0.1) is 0 Å². The minimum absolute atomic E-state index is 0.0336. The van der Waals surface area contributed by atoms with E-state index in [0.29, 0.717) is 0 Å². The summed E-state index contributed by atoms with van der Waals surface area (Å²) in [4.78, 5) is 6.75. The van der Waals surface area contributed by atoms with Crippen LogP contribution in [0.15, 0.2) is 48.7 Å². The van der Waals surface area contributed by atoms with Gasteiger partial charge in [0.05, 0.1) is 17.8 Å². The molecule has 4 rings (SSSR count). The molecule has 28 heavy (non-hydrogen) atoms. The highest BCUT2D eigenvalue weighted by Crippen LogP contribution is 2.40. The van der Waals surface area contributed by atoms with Gasteiger partial charge in [-0.25, -0.2) is 0 Å². The minimum atomic E-state index is 0.0336. The van der Waals surface area contributed by atoms with Crippen molar-refractivity contribution in [2.24, 2.45) is 0 Å². The summed E-state index contributed by atoms with van der Waals surface area (Å²) in [6, 6.07) is 15.0. The van der Waals surface area contributed by atoms with E-state index in [-0.39, 0.29) is 12.1 Å². The Labute approximate surface area is 172 Å². The van der Waals surface area contributed by atoms with E-state index < -0.39 is 0 Å². The summed E-state index contributed by atoms with van der Waals surface area (Å²) in [5.41, 5.74) is 8.62. The van der Waals surface area contributed by atoms with Gasteiger partial charge in [-0.05, 0) is 80.9 Å². The zero-order valence-corrected chi connectivity index (χ0v) is 17.8. The fraction of sp³-hybridized carbons (Fsp3) is 0.304. The van der Waals surface area contributed by atoms with E-state index in [1.54, 1.807) is 0 Å². The van der Waals surface area contributed by atoms with Crippen molar-refractivity contribution in [2.75, 3.05) is 7.05 Å². The van der Waals surface area contributed by atoms with E-state index in [9.17, 15) is 0 Å². The second-order valence-electron chi connectivity index (χ2n) is 7.62. The van der Waals surface area contributed by atoms with E-state index in [4.69, 9.17) is 12.2 Å². The number of thiocarbonyl (C=S) groups is 1. The van der Waals surface area contributed by atoms with Crippen molar-refractivity contribution in [1.82, 2.24) is 19.8 Å². The average Bonchev–Trinajstić information content (AvgIpc) is 3.14. The van der Waals surface area contributed by atoms with Crippen LogP contribution in [0.1, 0.15) is 45.9 Å². The molecule has 2 aromatic heterocycles. The Kier molecular flexibility index (Phi) is 4.71. The van der Waals surface area contributed by atoms with Crippen LogP contribution in [0.2, 0.25) is 0 Å². The van der Waals surface area contributed by atoms with Crippen LogP contribution < -0.4 is 5.32 Å². The molecule has 3 aromatic rings. The molecule has 5 heteroatoms. The summed E-state index contributed by atoms with van der Waals surface area (Å²) in [6.45, 7) is 8.74. The number of hydrogen-bond acceptors (Lipinski definition) is 2. The van der Waals surface area contributed by atoms with E-state index in [2.05, 4.69) is 84.8 Å². The predicted octanol–water partition coefficient (Wildman–Crippen LogP) is 4.71. The van der Waals surface area contributed by atoms with Crippen LogP contribution in [0, 0.1) is 27.7 Å². The number of rotatable bonds is 3. The van der Waals surface area contributed by atoms with Crippen LogP contribution in [-0.2, 0) is 0 Å². The number of aryl methyl sites for hydroxylation is 2. The average molecular weight is 391 g/mol. The third kappa shape index (κ3) is 2.90. The number of hydrogen-bond donors (Lipinski definition) is 1. The topological polar surface area (TPSA) is 33.1 Å². The Bertz CT molecular complexity index is 1040. The molecule has 2 atom stereocenters. The molecule has 0 amide bonds. The molecule has 0 unspecified atom stereocenters. The zero-order chi connectivity index (χ0) is 20.0. The van der Waals surface area contributed by atoms with Gasteiger partial charge in [0.15, 0.2) is 5.11 Å². The fourth-order valence-corrected chi connectivity index (χ4v) is 4.52. The third-order valence-corrected chi connectivity index (χ3v) is 6.35. The maximum Gasteiger partial charge on any atom is 0.169 e. The predicted molar refractivity (Wildman–Crippen MR) is 118 cm³/mol. The van der Waals surface area contributed by atoms with Crippen molar-refractivity contribution in [3.05, 3.63) is 82.4 Å². The first-order chi connectivity index (χ1) is 13.4. The highest BCUT2D eigenvalue weighted by atomic mass is 32.1. The molecule has 1 aliphatic rings. The third-order valence-electron chi connectivity index (χ3n) is 5.94. The second-order valence-corrected chi connectivity index (χ2v) is 8.01. The summed E-state index contributed by atoms with van der Waals surface area (Å²) in [5, 5.41) is 4.23. The highest BCUT2D eigenvalue weighted by Gasteiger charge is 2.39. The number of benzene rings is 1. The summed E-state index contributed by atoms with van der Waals surface area (Å²) in [7, 11) is 2.06. The SMILES string of the molecule is Cc1cccc(-n2c(C)cc([C@@H]3[C@@H](c4ccccn4)NC(=S)N3C)c2C)c1C. The number of likely N-dealkylation sites (N-methyl/N-ethyl adjacent to an activating group) is 1. The Morgan fingerprint density at radius 2 is 1.82 bits per heavy atom. The molecule has 0 saturated carbocycles. The molecule has 1 aromatic carbocycles. The molecule has 1 N–H and O–H groups in total. The lowest BCUT2D eigenvalue weighted by molar-refractivity contribution is 0.367. The van der Waals surface area contributed by atoms with Crippen LogP contribution >= 0.6 is 12.2 Å². The Morgan fingerprint density at radius 1 is 1.04 bits per heavy atom. The Morgan fingerprint density at radius 3 is 2.54 bits per heavy atom. The highest BCUT2D eigenvalue weighted by molar-refractivity contribution is 7.80. The first-order valence-electron chi connectivity index (χ1n) is 9.60. The first-order valence-corrected chi connectivity index (χ1v) is 10.0. The van der Waals surface area contributed by atoms with Gasteiger partial charge in [0.25, 0.3) is 0 Å². The molecule has 0 radical (unpaired) electrons. The number of aromatic nitrogens is 2. The summed E-state index contributed by atoms with van der Waals surface area (Å²) in [5.74, 6) is 0. The molecule has 0 spiro atoms. The van der Waals surface area contributed by atoms with E-state index in [1.165, 1.54) is 33.8 Å². The molecule has 1 saturated heterocycles. The zero-order valence-electron chi connectivity index (χ0n) is 17.0. The van der Waals surface area contributed by atoms with Gasteiger partial charge in [0.1, 0.15) is 0 Å². The summed E-state index contributed by atoms with van der Waals surface area (Å²) < 4.78 is 2.36. The molecule has 4 nitrogen and oxygen atoms in total. The smallest absolute Gasteiger partial charge is 0.169 e. The van der Waals surface area contributed by atoms with Gasteiger partial charge in [-0.1, -0.05) is 18.2 Å². The van der Waals surface area contributed by atoms with Crippen LogP contribution in [0.25, 0.3) is 5.69 Å². The molecular formula is C23H26N4S. The summed E-state index contributed by atoms with van der Waals surface area (Å²) in [6.07, 6.45) is 1.84. The monoisotopic (exact) mass is 390 g/mol. The van der Waals surface area contributed by atoms with Gasteiger partial charge in [-0.3, -0.25) is 4.98 Å². The fourth-order valence-electron chi connectivity index (χ4n) is 4.28. The van der Waals surface area contributed by atoms with Gasteiger partial charge in [0.2, 0.25) is 0 Å². The quantitative estimate of drug-likeness (QED) is 0.657. The minimum Gasteiger partial charge on any atom is -0.352 e. The van der Waals surface area contributed by atoms with E-state index in [0.717, 1.165) is 10.8 Å². The Balaban J connectivity index is 1.85. The first kappa shape index (κ1) is 18.7. The maximum absolute atomic E-state index is 5.59. The number of nitrogens with one attached hydrogen (secondary N) is 1. The van der Waals surface area contributed by atoms with Crippen LogP contribution in [-0.4, -0.2) is 26.6 Å². The summed E-state index contributed by atoms with van der Waals surface area (Å²) >= 11 is 5.59. The van der Waals surface area contributed by atoms with Crippen molar-refractivity contribution < 1.29 is 0 Å². The molecule has 144 valence electrons. The van der Waals surface area contributed by atoms with Crippen molar-refractivity contribution in [3.8, 4) is 5.69 Å². The van der Waals surface area contributed by atoms with Crippen LogP contribution in [0.4, 0.5) is 0 Å². The number of pyridine rings is 1. The van der Waals surface area contributed by atoms with Gasteiger partial charge in [-0.2, -0.15) is 0 Å². The second kappa shape index (κ2) is 7.06. The van der Waals surface area contributed by atoms with Gasteiger partial charge in [0, 0.05) is 30.3 Å². The molecule has 1 fully saturated rings. The van der Waals surface area contributed by atoms with Gasteiger partial charge >= 0.3 is 0 Å². The number of nitrogens with zero attached hydrogens (tertiary/aromatic N) is 3. The van der Waals surface area contributed by atoms with Crippen LogP contribution in [0.3, 0.4) is 0 Å². The molecule has 3 heterocycles. The lowest BCUT2D eigenvalue weighted by atomic mass is 9.97. The van der Waals surface area contributed by atoms with Crippen molar-refractivity contribution in [1.29, 1.82) is 0 Å². The lowest BCUT2D eigenvalue weighted by Gasteiger charge is -2.24. The lowest BCUT2D eigenvalue weighted by Crippen LogP contribution is -2.25. The van der Waals surface area contributed by atoms with Crippen molar-refractivity contribution in [3.63, 3.8) is 0 Å². The van der Waals surface area contributed by atoms with Gasteiger partial charge < -0.3 is 14.8 Å². The van der Waals surface area contributed by atoms with E-state index in [1.807, 2.05) is 18.3 Å². The van der Waals surface area contributed by atoms with Crippen LogP contribution in [0.5, 0.6) is 0 Å². The maximum atomic E-state index is 5.59. The van der Waals surface area contributed by atoms with E-state index >= 15 is 0 Å². The van der Waals surface area contributed by atoms with Crippen molar-refractivity contribution in [2.45, 2.75) is 39.8 Å².